The summed E-state index contributed by atoms with van der Waals surface area (Å²) < 4.78 is 5.55. The van der Waals surface area contributed by atoms with Gasteiger partial charge in [0.25, 0.3) is 5.91 Å². The first kappa shape index (κ1) is 21.4. The Morgan fingerprint density at radius 2 is 2.04 bits per heavy atom. The molecule has 1 aromatic carbocycles. The van der Waals surface area contributed by atoms with Gasteiger partial charge in [-0.15, -0.1) is 0 Å². The van der Waals surface area contributed by atoms with E-state index in [1.54, 1.807) is 0 Å². The van der Waals surface area contributed by atoms with Crippen molar-refractivity contribution in [2.45, 2.75) is 60.5 Å². The van der Waals surface area contributed by atoms with Gasteiger partial charge in [0, 0.05) is 26.6 Å². The third kappa shape index (κ3) is 6.22. The quantitative estimate of drug-likeness (QED) is 0.882. The lowest BCUT2D eigenvalue weighted by atomic mass is 10.1. The summed E-state index contributed by atoms with van der Waals surface area (Å²) in [5.74, 6) is 0.752. The molecule has 4 nitrogen and oxygen atoms in total. The summed E-state index contributed by atoms with van der Waals surface area (Å²) in [7, 11) is 0. The summed E-state index contributed by atoms with van der Waals surface area (Å²) in [4.78, 5) is 14.5. The van der Waals surface area contributed by atoms with Crippen LogP contribution < -0.4 is 10.1 Å². The number of rotatable bonds is 5. The van der Waals surface area contributed by atoms with Crippen LogP contribution in [0.4, 0.5) is 0 Å². The first-order valence-corrected chi connectivity index (χ1v) is 8.39. The second kappa shape index (κ2) is 11.1. The third-order valence-electron chi connectivity index (χ3n) is 3.46. The lowest BCUT2D eigenvalue weighted by Gasteiger charge is -2.19. The lowest BCUT2D eigenvalue weighted by molar-refractivity contribution is 0.0784. The van der Waals surface area contributed by atoms with Crippen molar-refractivity contribution in [1.82, 2.24) is 10.2 Å². The van der Waals surface area contributed by atoms with Crippen molar-refractivity contribution in [2.24, 2.45) is 0 Å². The maximum atomic E-state index is 12.6. The number of carbonyl (C=O) groups is 1. The van der Waals surface area contributed by atoms with Crippen LogP contribution in [0.2, 0.25) is 0 Å². The fraction of sp³-hybridized carbons (Fsp3) is 0.632. The van der Waals surface area contributed by atoms with Gasteiger partial charge in [-0.2, -0.15) is 0 Å². The van der Waals surface area contributed by atoms with Crippen molar-refractivity contribution in [3.05, 3.63) is 29.8 Å². The Kier molecular flexibility index (Phi) is 10.3. The molecule has 0 aliphatic carbocycles. The molecule has 1 aliphatic heterocycles. The molecule has 0 spiro atoms. The Morgan fingerprint density at radius 1 is 1.39 bits per heavy atom. The highest BCUT2D eigenvalue weighted by Gasteiger charge is 2.28. The zero-order valence-electron chi connectivity index (χ0n) is 14.6. The van der Waals surface area contributed by atoms with E-state index in [0.29, 0.717) is 30.0 Å². The van der Waals surface area contributed by atoms with Crippen LogP contribution in [0.25, 0.3) is 0 Å². The molecule has 0 bridgehead atoms. The van der Waals surface area contributed by atoms with Crippen molar-refractivity contribution in [3.63, 3.8) is 0 Å². The Balaban J connectivity index is 0. The summed E-state index contributed by atoms with van der Waals surface area (Å²) in [5, 5.41) is 3.49. The third-order valence-corrected chi connectivity index (χ3v) is 3.46. The second-order valence-electron chi connectivity index (χ2n) is 5.49. The number of para-hydroxylation sites is 1. The average Bonchev–Trinajstić information content (AvgIpc) is 2.97. The minimum Gasteiger partial charge on any atom is -0.493 e. The van der Waals surface area contributed by atoms with Gasteiger partial charge in [-0.05, 0) is 25.5 Å². The summed E-state index contributed by atoms with van der Waals surface area (Å²) in [6.07, 6.45) is 1.01. The Bertz CT molecular complexity index is 466. The zero-order valence-corrected chi connectivity index (χ0v) is 14.6. The summed E-state index contributed by atoms with van der Waals surface area (Å²) in [6.45, 7) is 12.4. The molecule has 1 amide bonds. The highest BCUT2D eigenvalue weighted by Crippen LogP contribution is 2.22. The fourth-order valence-corrected chi connectivity index (χ4v) is 2.65. The molecule has 23 heavy (non-hydrogen) atoms. The van der Waals surface area contributed by atoms with E-state index in [4.69, 9.17) is 4.74 Å². The second-order valence-corrected chi connectivity index (χ2v) is 5.49. The van der Waals surface area contributed by atoms with Gasteiger partial charge in [-0.1, -0.05) is 47.3 Å². The van der Waals surface area contributed by atoms with E-state index in [-0.39, 0.29) is 14.8 Å². The van der Waals surface area contributed by atoms with Gasteiger partial charge in [0.15, 0.2) is 0 Å². The van der Waals surface area contributed by atoms with Gasteiger partial charge in [-0.3, -0.25) is 4.79 Å². The molecule has 0 unspecified atom stereocenters. The molecule has 4 heteroatoms. The first-order valence-electron chi connectivity index (χ1n) is 8.39. The fourth-order valence-electron chi connectivity index (χ4n) is 2.65. The number of nitrogens with zero attached hydrogens (tertiary/aromatic N) is 1. The molecule has 0 radical (unpaired) electrons. The van der Waals surface area contributed by atoms with E-state index in [9.17, 15) is 4.79 Å². The van der Waals surface area contributed by atoms with Crippen LogP contribution in [0.15, 0.2) is 24.3 Å². The number of carbonyl (C=O) groups excluding carboxylic acids is 1. The Hall–Kier alpha value is -1.55. The van der Waals surface area contributed by atoms with Gasteiger partial charge < -0.3 is 15.0 Å². The number of benzene rings is 1. The number of ether oxygens (including phenoxy) is 1. The van der Waals surface area contributed by atoms with Crippen LogP contribution >= 0.6 is 0 Å². The molecule has 1 aromatic rings. The Morgan fingerprint density at radius 3 is 2.65 bits per heavy atom. The molecule has 1 aliphatic rings. The number of hydrogen-bond acceptors (Lipinski definition) is 3. The molecule has 1 fully saturated rings. The zero-order chi connectivity index (χ0) is 16.5. The minimum atomic E-state index is 0. The van der Waals surface area contributed by atoms with E-state index in [0.717, 1.165) is 19.5 Å². The van der Waals surface area contributed by atoms with Gasteiger partial charge in [-0.25, -0.2) is 0 Å². The predicted octanol–water partition coefficient (Wildman–Crippen LogP) is 4.21. The topological polar surface area (TPSA) is 41.6 Å². The molecule has 0 aromatic heterocycles. The van der Waals surface area contributed by atoms with Crippen LogP contribution in [0.3, 0.4) is 0 Å². The standard InChI is InChI=1S/C16H24N2O2.C2H6.CH4.H2/c1-4-20-15-8-6-5-7-14(15)16(19)18-10-9-13(11-18)17-12(2)3;1-2;;/h5-8,12-13,17H,4,9-11H2,1-3H3;1-2H3;1H4;1H/t13-;;;/m1.../s1. The lowest BCUT2D eigenvalue weighted by Crippen LogP contribution is -2.38. The smallest absolute Gasteiger partial charge is 0.257 e. The molecule has 1 atom stereocenters. The normalized spacial score (nSPS) is 16.4. The molecular weight excluding hydrogens is 288 g/mol. The van der Waals surface area contributed by atoms with E-state index in [1.807, 2.05) is 49.9 Å². The predicted molar refractivity (Wildman–Crippen MR) is 100 cm³/mol. The number of nitrogens with one attached hydrogen (secondary N) is 1. The molecule has 2 rings (SSSR count). The van der Waals surface area contributed by atoms with Gasteiger partial charge in [0.1, 0.15) is 5.75 Å². The number of likely N-dealkylation sites (tertiary alicyclic amines) is 1. The average molecular weight is 325 g/mol. The summed E-state index contributed by atoms with van der Waals surface area (Å²) >= 11 is 0. The number of amides is 1. The molecule has 0 saturated carbocycles. The van der Waals surface area contributed by atoms with Crippen LogP contribution in [-0.4, -0.2) is 42.6 Å². The van der Waals surface area contributed by atoms with Crippen LogP contribution in [0, 0.1) is 0 Å². The molecule has 1 N–H and O–H groups in total. The van der Waals surface area contributed by atoms with Crippen molar-refractivity contribution in [3.8, 4) is 5.75 Å². The van der Waals surface area contributed by atoms with Crippen molar-refractivity contribution < 1.29 is 11.0 Å². The maximum absolute atomic E-state index is 12.6. The SMILES string of the molecule is C.CC.CCOc1ccccc1C(=O)N1CC[C@@H](NC(C)C)C1.[HH]. The molecule has 1 heterocycles. The number of hydrogen-bond donors (Lipinski definition) is 1. The van der Waals surface area contributed by atoms with Crippen LogP contribution in [0.5, 0.6) is 5.75 Å². The van der Waals surface area contributed by atoms with E-state index < -0.39 is 0 Å². The maximum Gasteiger partial charge on any atom is 0.257 e. The van der Waals surface area contributed by atoms with E-state index in [1.165, 1.54) is 0 Å². The molecule has 134 valence electrons. The van der Waals surface area contributed by atoms with Gasteiger partial charge in [0.05, 0.1) is 12.2 Å². The molecule has 1 saturated heterocycles. The van der Waals surface area contributed by atoms with E-state index >= 15 is 0 Å². The van der Waals surface area contributed by atoms with Crippen LogP contribution in [0.1, 0.15) is 60.3 Å². The highest BCUT2D eigenvalue weighted by molar-refractivity contribution is 5.97. The highest BCUT2D eigenvalue weighted by atomic mass is 16.5. The minimum absolute atomic E-state index is 0. The van der Waals surface area contributed by atoms with Crippen molar-refractivity contribution in [1.29, 1.82) is 0 Å². The van der Waals surface area contributed by atoms with Gasteiger partial charge in [0.2, 0.25) is 0 Å². The monoisotopic (exact) mass is 324 g/mol. The van der Waals surface area contributed by atoms with Crippen molar-refractivity contribution >= 4 is 5.91 Å². The van der Waals surface area contributed by atoms with E-state index in [2.05, 4.69) is 19.2 Å². The van der Waals surface area contributed by atoms with Gasteiger partial charge >= 0.3 is 0 Å². The Labute approximate surface area is 143 Å². The van der Waals surface area contributed by atoms with Crippen LogP contribution in [-0.2, 0) is 0 Å². The largest absolute Gasteiger partial charge is 0.493 e. The van der Waals surface area contributed by atoms with Crippen molar-refractivity contribution in [2.75, 3.05) is 19.7 Å². The summed E-state index contributed by atoms with van der Waals surface area (Å²) in [6, 6.07) is 8.33. The first-order chi connectivity index (χ1) is 10.6. The molecular formula is C19H36N2O2. The summed E-state index contributed by atoms with van der Waals surface area (Å²) in [5.41, 5.74) is 0.666.